The summed E-state index contributed by atoms with van der Waals surface area (Å²) in [7, 11) is -3.13. The van der Waals surface area contributed by atoms with E-state index in [1.54, 1.807) is 14.4 Å². The van der Waals surface area contributed by atoms with E-state index < -0.39 is 8.25 Å². The van der Waals surface area contributed by atoms with Crippen LogP contribution in [0.1, 0.15) is 0 Å². The normalized spacial score (nSPS) is 9.54. The summed E-state index contributed by atoms with van der Waals surface area (Å²) >= 11 is 6.14. The van der Waals surface area contributed by atoms with E-state index in [1.165, 1.54) is 9.07 Å². The molecule has 0 spiro atoms. The summed E-state index contributed by atoms with van der Waals surface area (Å²) in [5.74, 6) is 0. The minimum absolute atomic E-state index is 0.947. The maximum absolute atomic E-state index is 8.74. The van der Waals surface area contributed by atoms with E-state index in [-0.39, 0.29) is 0 Å². The van der Waals surface area contributed by atoms with Crippen molar-refractivity contribution < 1.29 is 44.3 Å². The molecule has 6 heteroatoms. The number of rotatable bonds is 2. The van der Waals surface area contributed by atoms with Crippen LogP contribution in [0.4, 0.5) is 0 Å². The van der Waals surface area contributed by atoms with Gasteiger partial charge in [0.05, 0.1) is 0 Å². The summed E-state index contributed by atoms with van der Waals surface area (Å²) in [6, 6.07) is 30.6. The molecular formula is C18H18Ni2O3P. The zero-order valence-corrected chi connectivity index (χ0v) is 15.6. The van der Waals surface area contributed by atoms with Gasteiger partial charge in [0.2, 0.25) is 0 Å². The van der Waals surface area contributed by atoms with Crippen molar-refractivity contribution in [2.75, 3.05) is 0 Å². The fourth-order valence-electron chi connectivity index (χ4n) is 1.42. The van der Waals surface area contributed by atoms with E-state index in [4.69, 9.17) is 14.4 Å². The zero-order chi connectivity index (χ0) is 17.6. The first-order valence-corrected chi connectivity index (χ1v) is 9.64. The fourth-order valence-corrected chi connectivity index (χ4v) is 2.65. The summed E-state index contributed by atoms with van der Waals surface area (Å²) in [6.07, 6.45) is 0. The van der Waals surface area contributed by atoms with Crippen LogP contribution in [0.15, 0.2) is 91.0 Å². The number of benzene rings is 3. The van der Waals surface area contributed by atoms with Crippen LogP contribution < -0.4 is 13.6 Å². The second-order valence-electron chi connectivity index (χ2n) is 4.14. The molecule has 0 aromatic heterocycles. The van der Waals surface area contributed by atoms with Crippen molar-refractivity contribution in [3.8, 4) is 0 Å². The quantitative estimate of drug-likeness (QED) is 0.483. The molecule has 3 nitrogen and oxygen atoms in total. The van der Waals surface area contributed by atoms with Gasteiger partial charge in [-0.2, -0.15) is 0 Å². The van der Waals surface area contributed by atoms with Gasteiger partial charge in [-0.1, -0.05) is 0 Å². The average Bonchev–Trinajstić information content (AvgIpc) is 2.58. The van der Waals surface area contributed by atoms with Crippen LogP contribution in [0.3, 0.4) is 0 Å². The Kier molecular flexibility index (Phi) is 11.4. The first-order chi connectivity index (χ1) is 11.6. The molecule has 0 radical (unpaired) electrons. The van der Waals surface area contributed by atoms with Gasteiger partial charge in [0, 0.05) is 0 Å². The first kappa shape index (κ1) is 20.8. The molecule has 0 saturated heterocycles. The Bertz CT molecular complexity index is 654. The SMILES string of the molecule is O=[PH](O)O.[Ni][c]1ccccc1.c1cc[c]([Ni][c]2ccccc2)cc1. The van der Waals surface area contributed by atoms with Gasteiger partial charge in [0.15, 0.2) is 0 Å². The van der Waals surface area contributed by atoms with E-state index in [9.17, 15) is 0 Å². The molecule has 3 aromatic carbocycles. The molecule has 0 bridgehead atoms. The molecule has 0 fully saturated rings. The minimum atomic E-state index is -3.13. The second-order valence-corrected chi connectivity index (χ2v) is 6.66. The summed E-state index contributed by atoms with van der Waals surface area (Å²) in [5.41, 5.74) is 0. The van der Waals surface area contributed by atoms with Gasteiger partial charge in [-0.3, -0.25) is 4.57 Å². The molecule has 133 valence electrons. The third-order valence-electron chi connectivity index (χ3n) is 2.32. The van der Waals surface area contributed by atoms with E-state index in [0.717, 1.165) is 4.53 Å². The van der Waals surface area contributed by atoms with Crippen molar-refractivity contribution in [2.24, 2.45) is 0 Å². The standard InChI is InChI=1S/3C6H5.2Ni.H3O3P/c3*1-2-4-6-5-3-1;;;1-4(2)3/h3*1-5H;;;4H,(H2,1,2,3). The Hall–Kier alpha value is -1.20. The maximum atomic E-state index is 8.74. The van der Waals surface area contributed by atoms with Crippen molar-refractivity contribution in [1.82, 2.24) is 0 Å². The van der Waals surface area contributed by atoms with Gasteiger partial charge >= 0.3 is 143 Å². The molecule has 2 N–H and O–H groups in total. The summed E-state index contributed by atoms with van der Waals surface area (Å²) in [6.45, 7) is 0. The Morgan fingerprint density at radius 1 is 0.667 bits per heavy atom. The zero-order valence-electron chi connectivity index (χ0n) is 12.6. The van der Waals surface area contributed by atoms with Crippen LogP contribution >= 0.6 is 8.25 Å². The van der Waals surface area contributed by atoms with E-state index in [2.05, 4.69) is 64.0 Å². The summed E-state index contributed by atoms with van der Waals surface area (Å²) in [4.78, 5) is 14.3. The van der Waals surface area contributed by atoms with E-state index in [1.807, 2.05) is 42.5 Å². The third-order valence-corrected chi connectivity index (χ3v) is 3.88. The Morgan fingerprint density at radius 3 is 1.21 bits per heavy atom. The van der Waals surface area contributed by atoms with Crippen LogP contribution in [0.25, 0.3) is 0 Å². The predicted molar refractivity (Wildman–Crippen MR) is 91.7 cm³/mol. The summed E-state index contributed by atoms with van der Waals surface area (Å²) < 4.78 is 12.3. The third kappa shape index (κ3) is 11.4. The van der Waals surface area contributed by atoms with Gasteiger partial charge in [0.25, 0.3) is 0 Å². The Morgan fingerprint density at radius 2 is 0.958 bits per heavy atom. The van der Waals surface area contributed by atoms with Crippen LogP contribution in [-0.2, 0) is 34.5 Å². The topological polar surface area (TPSA) is 57.5 Å². The van der Waals surface area contributed by atoms with E-state index >= 15 is 0 Å². The van der Waals surface area contributed by atoms with Crippen molar-refractivity contribution in [1.29, 1.82) is 0 Å². The molecule has 0 saturated carbocycles. The van der Waals surface area contributed by atoms with Crippen LogP contribution in [0.2, 0.25) is 0 Å². The molecule has 0 unspecified atom stereocenters. The molecule has 0 aliphatic rings. The van der Waals surface area contributed by atoms with Gasteiger partial charge in [-0.15, -0.1) is 0 Å². The summed E-state index contributed by atoms with van der Waals surface area (Å²) in [5, 5.41) is 0. The molecule has 3 aromatic rings. The number of hydrogen-bond acceptors (Lipinski definition) is 1. The van der Waals surface area contributed by atoms with Crippen molar-refractivity contribution in [3.05, 3.63) is 91.0 Å². The van der Waals surface area contributed by atoms with Crippen LogP contribution in [0.5, 0.6) is 0 Å². The van der Waals surface area contributed by atoms with Crippen molar-refractivity contribution in [2.45, 2.75) is 0 Å². The van der Waals surface area contributed by atoms with Crippen LogP contribution in [0, 0.1) is 0 Å². The van der Waals surface area contributed by atoms with E-state index in [0.29, 0.717) is 0 Å². The second kappa shape index (κ2) is 13.1. The van der Waals surface area contributed by atoms with Gasteiger partial charge in [0.1, 0.15) is 0 Å². The van der Waals surface area contributed by atoms with Gasteiger partial charge < -0.3 is 9.79 Å². The molecule has 0 amide bonds. The van der Waals surface area contributed by atoms with Crippen LogP contribution in [-0.4, -0.2) is 9.79 Å². The number of hydrogen-bond donors (Lipinski definition) is 2. The fraction of sp³-hybridized carbons (Fsp3) is 0. The molecule has 0 heterocycles. The predicted octanol–water partition coefficient (Wildman–Crippen LogP) is 1.94. The molecule has 24 heavy (non-hydrogen) atoms. The molecule has 0 atom stereocenters. The van der Waals surface area contributed by atoms with Crippen molar-refractivity contribution >= 4 is 21.9 Å². The Labute approximate surface area is 156 Å². The first-order valence-electron chi connectivity index (χ1n) is 6.86. The van der Waals surface area contributed by atoms with Crippen molar-refractivity contribution in [3.63, 3.8) is 0 Å². The molecule has 0 aliphatic carbocycles. The van der Waals surface area contributed by atoms with Gasteiger partial charge in [-0.05, 0) is 0 Å². The average molecular weight is 431 g/mol. The molecule has 0 aliphatic heterocycles. The monoisotopic (exact) mass is 429 g/mol. The molecule has 3 rings (SSSR count). The Balaban J connectivity index is 0.000000220. The molecular weight excluding hydrogens is 413 g/mol. The van der Waals surface area contributed by atoms with Gasteiger partial charge in [-0.25, -0.2) is 0 Å².